The number of hydrogen-bond acceptors (Lipinski definition) is 3. The predicted octanol–water partition coefficient (Wildman–Crippen LogP) is 2.87. The number of nitrogens with zero attached hydrogens (tertiary/aromatic N) is 2. The Hall–Kier alpha value is -3.02. The number of nitrogens with one attached hydrogen (secondary N) is 1. The highest BCUT2D eigenvalue weighted by molar-refractivity contribution is 5.90. The summed E-state index contributed by atoms with van der Waals surface area (Å²) in [7, 11) is 0. The van der Waals surface area contributed by atoms with Crippen molar-refractivity contribution >= 4 is 22.5 Å². The van der Waals surface area contributed by atoms with Crippen LogP contribution in [0.5, 0.6) is 0 Å². The van der Waals surface area contributed by atoms with Crippen molar-refractivity contribution in [3.8, 4) is 0 Å². The molecule has 0 bridgehead atoms. The normalized spacial score (nSPS) is 10.8. The molecule has 5 nitrogen and oxygen atoms in total. The minimum absolute atomic E-state index is 0.0927. The van der Waals surface area contributed by atoms with Gasteiger partial charge in [0.1, 0.15) is 5.82 Å². The third-order valence-electron chi connectivity index (χ3n) is 3.77. The van der Waals surface area contributed by atoms with Gasteiger partial charge >= 0.3 is 0 Å². The fourth-order valence-electron chi connectivity index (χ4n) is 2.38. The van der Waals surface area contributed by atoms with Crippen molar-refractivity contribution in [3.05, 3.63) is 70.5 Å². The Labute approximate surface area is 137 Å². The molecule has 0 spiro atoms. The van der Waals surface area contributed by atoms with Gasteiger partial charge in [-0.15, -0.1) is 0 Å². The van der Waals surface area contributed by atoms with E-state index in [1.165, 1.54) is 17.0 Å². The van der Waals surface area contributed by atoms with Gasteiger partial charge in [-0.05, 0) is 36.8 Å². The fraction of sp³-hybridized carbons (Fsp3) is 0.167. The van der Waals surface area contributed by atoms with Crippen LogP contribution in [0.1, 0.15) is 12.0 Å². The standard InChI is InChI=1S/C18H16FN3O2/c1-12-6-7-13(10-15(12)19)21-17(23)8-9-22-11-20-16-5-3-2-4-14(16)18(22)24/h2-7,10-11H,8-9H2,1H3,(H,21,23). The van der Waals surface area contributed by atoms with Crippen molar-refractivity contribution in [3.63, 3.8) is 0 Å². The number of carbonyl (C=O) groups is 1. The van der Waals surface area contributed by atoms with Crippen molar-refractivity contribution in [2.75, 3.05) is 5.32 Å². The average molecular weight is 325 g/mol. The van der Waals surface area contributed by atoms with E-state index in [0.29, 0.717) is 22.2 Å². The Morgan fingerprint density at radius 1 is 1.25 bits per heavy atom. The first-order valence-electron chi connectivity index (χ1n) is 7.55. The van der Waals surface area contributed by atoms with Gasteiger partial charge in [-0.3, -0.25) is 14.2 Å². The summed E-state index contributed by atoms with van der Waals surface area (Å²) >= 11 is 0. The molecule has 1 N–H and O–H groups in total. The first-order chi connectivity index (χ1) is 11.5. The van der Waals surface area contributed by atoms with Crippen LogP contribution in [0.25, 0.3) is 10.9 Å². The third kappa shape index (κ3) is 3.32. The van der Waals surface area contributed by atoms with Gasteiger partial charge in [0.2, 0.25) is 5.91 Å². The Bertz CT molecular complexity index is 966. The SMILES string of the molecule is Cc1ccc(NC(=O)CCn2cnc3ccccc3c2=O)cc1F. The first-order valence-corrected chi connectivity index (χ1v) is 7.55. The van der Waals surface area contributed by atoms with Crippen LogP contribution >= 0.6 is 0 Å². The number of amides is 1. The molecule has 3 rings (SSSR count). The summed E-state index contributed by atoms with van der Waals surface area (Å²) in [6.45, 7) is 1.86. The van der Waals surface area contributed by atoms with Gasteiger partial charge in [-0.25, -0.2) is 9.37 Å². The number of hydrogen-bond donors (Lipinski definition) is 1. The van der Waals surface area contributed by atoms with Crippen molar-refractivity contribution in [1.82, 2.24) is 9.55 Å². The van der Waals surface area contributed by atoms with E-state index in [-0.39, 0.29) is 30.2 Å². The molecule has 0 saturated carbocycles. The lowest BCUT2D eigenvalue weighted by molar-refractivity contribution is -0.116. The van der Waals surface area contributed by atoms with E-state index in [4.69, 9.17) is 0 Å². The molecule has 0 fully saturated rings. The molecular weight excluding hydrogens is 309 g/mol. The molecule has 2 aromatic carbocycles. The molecule has 0 radical (unpaired) electrons. The average Bonchev–Trinajstić information content (AvgIpc) is 2.58. The lowest BCUT2D eigenvalue weighted by atomic mass is 10.2. The highest BCUT2D eigenvalue weighted by Crippen LogP contribution is 2.13. The van der Waals surface area contributed by atoms with Crippen molar-refractivity contribution in [1.29, 1.82) is 0 Å². The Morgan fingerprint density at radius 3 is 2.83 bits per heavy atom. The largest absolute Gasteiger partial charge is 0.326 e. The molecule has 0 saturated heterocycles. The number of fused-ring (bicyclic) bond motifs is 1. The number of halogens is 1. The van der Waals surface area contributed by atoms with Crippen LogP contribution in [0.2, 0.25) is 0 Å². The smallest absolute Gasteiger partial charge is 0.261 e. The lowest BCUT2D eigenvalue weighted by Gasteiger charge is -2.08. The van der Waals surface area contributed by atoms with E-state index in [1.54, 1.807) is 37.3 Å². The molecule has 1 amide bonds. The summed E-state index contributed by atoms with van der Waals surface area (Å²) in [5.74, 6) is -0.666. The molecule has 122 valence electrons. The summed E-state index contributed by atoms with van der Waals surface area (Å²) in [5, 5.41) is 3.14. The van der Waals surface area contributed by atoms with E-state index >= 15 is 0 Å². The monoisotopic (exact) mass is 325 g/mol. The van der Waals surface area contributed by atoms with Crippen LogP contribution in [0.3, 0.4) is 0 Å². The maximum Gasteiger partial charge on any atom is 0.261 e. The van der Waals surface area contributed by atoms with E-state index < -0.39 is 0 Å². The van der Waals surface area contributed by atoms with Crippen LogP contribution < -0.4 is 10.9 Å². The Balaban J connectivity index is 1.69. The van der Waals surface area contributed by atoms with Gasteiger partial charge < -0.3 is 5.32 Å². The summed E-state index contributed by atoms with van der Waals surface area (Å²) in [6, 6.07) is 11.6. The molecule has 0 unspecified atom stereocenters. The van der Waals surface area contributed by atoms with E-state index in [9.17, 15) is 14.0 Å². The second-order valence-corrected chi connectivity index (χ2v) is 5.52. The number of aryl methyl sites for hydroxylation is 2. The van der Waals surface area contributed by atoms with Gasteiger partial charge in [-0.2, -0.15) is 0 Å². The van der Waals surface area contributed by atoms with Crippen LogP contribution in [0.15, 0.2) is 53.6 Å². The molecule has 3 aromatic rings. The zero-order chi connectivity index (χ0) is 17.1. The summed E-state index contributed by atoms with van der Waals surface area (Å²) in [4.78, 5) is 28.5. The number of aromatic nitrogens is 2. The minimum atomic E-state index is -0.372. The van der Waals surface area contributed by atoms with Gasteiger partial charge in [-0.1, -0.05) is 18.2 Å². The van der Waals surface area contributed by atoms with Gasteiger partial charge in [0, 0.05) is 18.7 Å². The number of anilines is 1. The maximum atomic E-state index is 13.5. The van der Waals surface area contributed by atoms with Crippen LogP contribution in [0, 0.1) is 12.7 Å². The van der Waals surface area contributed by atoms with Crippen molar-refractivity contribution in [2.45, 2.75) is 19.9 Å². The second-order valence-electron chi connectivity index (χ2n) is 5.52. The van der Waals surface area contributed by atoms with E-state index in [2.05, 4.69) is 10.3 Å². The molecule has 1 aromatic heterocycles. The third-order valence-corrected chi connectivity index (χ3v) is 3.77. The maximum absolute atomic E-state index is 13.5. The van der Waals surface area contributed by atoms with Gasteiger partial charge in [0.15, 0.2) is 0 Å². The predicted molar refractivity (Wildman–Crippen MR) is 90.4 cm³/mol. The highest BCUT2D eigenvalue weighted by atomic mass is 19.1. The molecule has 6 heteroatoms. The Morgan fingerprint density at radius 2 is 2.04 bits per heavy atom. The molecular formula is C18H16FN3O2. The van der Waals surface area contributed by atoms with Crippen molar-refractivity contribution in [2.24, 2.45) is 0 Å². The molecule has 24 heavy (non-hydrogen) atoms. The van der Waals surface area contributed by atoms with Crippen LogP contribution in [-0.2, 0) is 11.3 Å². The fourth-order valence-corrected chi connectivity index (χ4v) is 2.38. The molecule has 0 aliphatic heterocycles. The number of carbonyl (C=O) groups excluding carboxylic acids is 1. The van der Waals surface area contributed by atoms with Gasteiger partial charge in [0.05, 0.1) is 17.2 Å². The first kappa shape index (κ1) is 15.9. The summed E-state index contributed by atoms with van der Waals surface area (Å²) in [6.07, 6.45) is 1.53. The number of benzene rings is 2. The quantitative estimate of drug-likeness (QED) is 0.802. The molecule has 0 aliphatic rings. The van der Waals surface area contributed by atoms with Crippen molar-refractivity contribution < 1.29 is 9.18 Å². The van der Waals surface area contributed by atoms with E-state index in [0.717, 1.165) is 0 Å². The molecule has 0 atom stereocenters. The molecule has 1 heterocycles. The minimum Gasteiger partial charge on any atom is -0.326 e. The van der Waals surface area contributed by atoms with Crippen LogP contribution in [0.4, 0.5) is 10.1 Å². The topological polar surface area (TPSA) is 64.0 Å². The Kier molecular flexibility index (Phi) is 4.37. The summed E-state index contributed by atoms with van der Waals surface area (Å²) < 4.78 is 14.9. The second kappa shape index (κ2) is 6.62. The van der Waals surface area contributed by atoms with E-state index in [1.807, 2.05) is 6.07 Å². The number of para-hydroxylation sites is 1. The van der Waals surface area contributed by atoms with Crippen LogP contribution in [-0.4, -0.2) is 15.5 Å². The number of rotatable bonds is 4. The highest BCUT2D eigenvalue weighted by Gasteiger charge is 2.07. The molecule has 0 aliphatic carbocycles. The summed E-state index contributed by atoms with van der Waals surface area (Å²) in [5.41, 5.74) is 1.35. The zero-order valence-corrected chi connectivity index (χ0v) is 13.1. The van der Waals surface area contributed by atoms with Gasteiger partial charge in [0.25, 0.3) is 5.56 Å². The zero-order valence-electron chi connectivity index (χ0n) is 13.1. The lowest BCUT2D eigenvalue weighted by Crippen LogP contribution is -2.23.